The molecule has 5 heteroatoms. The lowest BCUT2D eigenvalue weighted by Crippen LogP contribution is -2.27. The van der Waals surface area contributed by atoms with Crippen LogP contribution >= 0.6 is 23.2 Å². The van der Waals surface area contributed by atoms with Crippen LogP contribution in [0.25, 0.3) is 10.8 Å². The molecule has 1 atom stereocenters. The average Bonchev–Trinajstić information content (AvgIpc) is 2.55. The van der Waals surface area contributed by atoms with Gasteiger partial charge in [0, 0.05) is 12.5 Å². The fourth-order valence-corrected chi connectivity index (χ4v) is 3.11. The van der Waals surface area contributed by atoms with E-state index in [-0.39, 0.29) is 11.7 Å². The topological polar surface area (TPSA) is 49.3 Å². The van der Waals surface area contributed by atoms with Gasteiger partial charge in [-0.2, -0.15) is 0 Å². The van der Waals surface area contributed by atoms with E-state index in [1.807, 2.05) is 30.3 Å². The van der Waals surface area contributed by atoms with Crippen LogP contribution in [0.15, 0.2) is 54.6 Å². The number of rotatable bonds is 3. The first-order valence-electron chi connectivity index (χ1n) is 7.40. The van der Waals surface area contributed by atoms with Crippen molar-refractivity contribution in [3.8, 4) is 5.75 Å². The number of halogens is 2. The molecule has 3 nitrogen and oxygen atoms in total. The first-order valence-corrected chi connectivity index (χ1v) is 8.15. The van der Waals surface area contributed by atoms with Gasteiger partial charge in [0.2, 0.25) is 5.91 Å². The Morgan fingerprint density at radius 1 is 1.04 bits per heavy atom. The molecule has 3 rings (SSSR count). The molecule has 3 aromatic rings. The molecule has 0 saturated carbocycles. The molecule has 0 saturated heterocycles. The summed E-state index contributed by atoms with van der Waals surface area (Å²) >= 11 is 12.1. The summed E-state index contributed by atoms with van der Waals surface area (Å²) in [4.78, 5) is 11.7. The van der Waals surface area contributed by atoms with Gasteiger partial charge in [0.15, 0.2) is 0 Å². The molecule has 0 aliphatic carbocycles. The summed E-state index contributed by atoms with van der Waals surface area (Å²) in [6, 6.07) is 15.8. The lowest BCUT2D eigenvalue weighted by atomic mass is 9.92. The summed E-state index contributed by atoms with van der Waals surface area (Å²) in [5.41, 5.74) is 1.37. The van der Waals surface area contributed by atoms with Gasteiger partial charge in [-0.15, -0.1) is 0 Å². The second kappa shape index (κ2) is 6.71. The first-order chi connectivity index (χ1) is 11.5. The molecule has 3 aromatic carbocycles. The van der Waals surface area contributed by atoms with Gasteiger partial charge in [0.05, 0.1) is 16.1 Å². The van der Waals surface area contributed by atoms with Crippen molar-refractivity contribution >= 4 is 39.9 Å². The van der Waals surface area contributed by atoms with Crippen molar-refractivity contribution in [2.24, 2.45) is 0 Å². The Kier molecular flexibility index (Phi) is 4.65. The minimum absolute atomic E-state index is 0.110. The highest BCUT2D eigenvalue weighted by atomic mass is 35.5. The monoisotopic (exact) mass is 359 g/mol. The maximum Gasteiger partial charge on any atom is 0.217 e. The van der Waals surface area contributed by atoms with Crippen molar-refractivity contribution < 1.29 is 9.90 Å². The molecular formula is C19H15Cl2NO2. The third-order valence-corrected chi connectivity index (χ3v) is 4.60. The van der Waals surface area contributed by atoms with E-state index in [4.69, 9.17) is 23.2 Å². The molecule has 0 radical (unpaired) electrons. The number of phenolic OH excluding ortho intramolecular Hbond substituents is 1. The first kappa shape index (κ1) is 16.6. The molecule has 122 valence electrons. The van der Waals surface area contributed by atoms with Crippen LogP contribution in [0, 0.1) is 0 Å². The molecule has 0 bridgehead atoms. The van der Waals surface area contributed by atoms with Crippen molar-refractivity contribution in [3.05, 3.63) is 75.8 Å². The Labute approximate surface area is 149 Å². The van der Waals surface area contributed by atoms with Crippen molar-refractivity contribution in [2.75, 3.05) is 0 Å². The smallest absolute Gasteiger partial charge is 0.217 e. The Balaban J connectivity index is 2.25. The van der Waals surface area contributed by atoms with Crippen LogP contribution in [-0.4, -0.2) is 11.0 Å². The number of nitrogens with one attached hydrogen (secondary N) is 1. The van der Waals surface area contributed by atoms with Gasteiger partial charge >= 0.3 is 0 Å². The lowest BCUT2D eigenvalue weighted by molar-refractivity contribution is -0.119. The summed E-state index contributed by atoms with van der Waals surface area (Å²) in [5.74, 6) is -0.100. The second-order valence-electron chi connectivity index (χ2n) is 5.53. The van der Waals surface area contributed by atoms with E-state index in [9.17, 15) is 9.90 Å². The van der Waals surface area contributed by atoms with Gasteiger partial charge < -0.3 is 10.4 Å². The maximum atomic E-state index is 11.7. The molecule has 0 aliphatic heterocycles. The number of carbonyl (C=O) groups excluding carboxylic acids is 1. The second-order valence-corrected chi connectivity index (χ2v) is 6.34. The lowest BCUT2D eigenvalue weighted by Gasteiger charge is -2.22. The number of aromatic hydroxyl groups is 1. The SMILES string of the molecule is CC(=O)NC(c1ccc(Cl)c(Cl)c1)c1c(O)ccc2ccccc12. The number of carbonyl (C=O) groups is 1. The number of hydrogen-bond donors (Lipinski definition) is 2. The number of benzene rings is 3. The van der Waals surface area contributed by atoms with E-state index in [0.717, 1.165) is 16.3 Å². The highest BCUT2D eigenvalue weighted by Gasteiger charge is 2.22. The highest BCUT2D eigenvalue weighted by molar-refractivity contribution is 6.42. The highest BCUT2D eigenvalue weighted by Crippen LogP contribution is 2.37. The largest absolute Gasteiger partial charge is 0.508 e. The van der Waals surface area contributed by atoms with Crippen LogP contribution in [-0.2, 0) is 4.79 Å². The molecule has 0 spiro atoms. The van der Waals surface area contributed by atoms with Crippen LogP contribution in [0.5, 0.6) is 5.75 Å². The third-order valence-electron chi connectivity index (χ3n) is 3.86. The minimum atomic E-state index is -0.539. The molecule has 0 aliphatic rings. The van der Waals surface area contributed by atoms with E-state index in [2.05, 4.69) is 5.32 Å². The van der Waals surface area contributed by atoms with E-state index in [0.29, 0.717) is 15.6 Å². The van der Waals surface area contributed by atoms with Gasteiger partial charge in [-0.25, -0.2) is 0 Å². The predicted molar refractivity (Wildman–Crippen MR) is 97.7 cm³/mol. The zero-order chi connectivity index (χ0) is 17.3. The summed E-state index contributed by atoms with van der Waals surface area (Å²) in [5, 5.41) is 16.0. The average molecular weight is 360 g/mol. The van der Waals surface area contributed by atoms with E-state index >= 15 is 0 Å². The van der Waals surface area contributed by atoms with Crippen molar-refractivity contribution in [2.45, 2.75) is 13.0 Å². The molecule has 1 amide bonds. The Morgan fingerprint density at radius 3 is 2.50 bits per heavy atom. The zero-order valence-electron chi connectivity index (χ0n) is 12.9. The standard InChI is InChI=1S/C19H15Cl2NO2/c1-11(23)22-19(13-6-8-15(20)16(21)10-13)18-14-5-3-2-4-12(14)7-9-17(18)24/h2-10,19,24H,1H3,(H,22,23). The molecule has 0 aromatic heterocycles. The molecule has 2 N–H and O–H groups in total. The number of phenols is 1. The fraction of sp³-hybridized carbons (Fsp3) is 0.105. The van der Waals surface area contributed by atoms with Crippen LogP contribution in [0.4, 0.5) is 0 Å². The molecular weight excluding hydrogens is 345 g/mol. The molecule has 1 unspecified atom stereocenters. The van der Waals surface area contributed by atoms with E-state index in [1.54, 1.807) is 24.3 Å². The normalized spacial score (nSPS) is 12.1. The van der Waals surface area contributed by atoms with Crippen LogP contribution in [0.1, 0.15) is 24.1 Å². The van der Waals surface area contributed by atoms with Gasteiger partial charge in [-0.1, -0.05) is 59.6 Å². The summed E-state index contributed by atoms with van der Waals surface area (Å²) in [6.45, 7) is 1.44. The zero-order valence-corrected chi connectivity index (χ0v) is 14.4. The van der Waals surface area contributed by atoms with Crippen LogP contribution in [0.3, 0.4) is 0 Å². The minimum Gasteiger partial charge on any atom is -0.508 e. The Hall–Kier alpha value is -2.23. The van der Waals surface area contributed by atoms with Gasteiger partial charge in [-0.3, -0.25) is 4.79 Å². The predicted octanol–water partition coefficient (Wildman–Crippen LogP) is 5.08. The maximum absolute atomic E-state index is 11.7. The van der Waals surface area contributed by atoms with Crippen molar-refractivity contribution in [1.82, 2.24) is 5.32 Å². The third kappa shape index (κ3) is 3.18. The molecule has 0 heterocycles. The molecule has 24 heavy (non-hydrogen) atoms. The summed E-state index contributed by atoms with van der Waals surface area (Å²) in [7, 11) is 0. The molecule has 0 fully saturated rings. The van der Waals surface area contributed by atoms with E-state index in [1.165, 1.54) is 6.92 Å². The van der Waals surface area contributed by atoms with Gasteiger partial charge in [0.25, 0.3) is 0 Å². The Morgan fingerprint density at radius 2 is 1.79 bits per heavy atom. The number of amides is 1. The summed E-state index contributed by atoms with van der Waals surface area (Å²) < 4.78 is 0. The van der Waals surface area contributed by atoms with Gasteiger partial charge in [0.1, 0.15) is 5.75 Å². The fourth-order valence-electron chi connectivity index (χ4n) is 2.80. The van der Waals surface area contributed by atoms with Crippen molar-refractivity contribution in [1.29, 1.82) is 0 Å². The van der Waals surface area contributed by atoms with E-state index < -0.39 is 6.04 Å². The van der Waals surface area contributed by atoms with Crippen LogP contribution in [0.2, 0.25) is 10.0 Å². The summed E-state index contributed by atoms with van der Waals surface area (Å²) in [6.07, 6.45) is 0. The number of hydrogen-bond acceptors (Lipinski definition) is 2. The van der Waals surface area contributed by atoms with Crippen molar-refractivity contribution in [3.63, 3.8) is 0 Å². The van der Waals surface area contributed by atoms with Crippen LogP contribution < -0.4 is 5.32 Å². The number of fused-ring (bicyclic) bond motifs is 1. The van der Waals surface area contributed by atoms with Gasteiger partial charge in [-0.05, 0) is 34.5 Å². The Bertz CT molecular complexity index is 924. The quantitative estimate of drug-likeness (QED) is 0.685.